The molecule has 0 aromatic heterocycles. The van der Waals surface area contributed by atoms with Crippen LogP contribution >= 0.6 is 0 Å². The summed E-state index contributed by atoms with van der Waals surface area (Å²) in [5.74, 6) is -0.868. The molecule has 1 rings (SSSR count). The number of carbonyl (C=O) groups is 1. The summed E-state index contributed by atoms with van der Waals surface area (Å²) in [6.45, 7) is 8.35. The van der Waals surface area contributed by atoms with Crippen molar-refractivity contribution in [1.29, 1.82) is 0 Å². The van der Waals surface area contributed by atoms with Gasteiger partial charge < -0.3 is 5.11 Å². The third-order valence-corrected chi connectivity index (χ3v) is 3.15. The maximum absolute atomic E-state index is 11.0. The third kappa shape index (κ3) is 3.19. The number of hydrogen-bond donors (Lipinski definition) is 1. The van der Waals surface area contributed by atoms with E-state index in [-0.39, 0.29) is 0 Å². The molecule has 0 spiro atoms. The summed E-state index contributed by atoms with van der Waals surface area (Å²) in [7, 11) is 0. The van der Waals surface area contributed by atoms with E-state index in [1.165, 1.54) is 11.1 Å². The first kappa shape index (κ1) is 13.5. The lowest BCUT2D eigenvalue weighted by atomic mass is 9.94. The highest BCUT2D eigenvalue weighted by atomic mass is 16.4. The van der Waals surface area contributed by atoms with Gasteiger partial charge in [0.1, 0.15) is 0 Å². The third-order valence-electron chi connectivity index (χ3n) is 3.15. The predicted molar refractivity (Wildman–Crippen MR) is 71.3 cm³/mol. The van der Waals surface area contributed by atoms with E-state index in [0.29, 0.717) is 5.56 Å². The quantitative estimate of drug-likeness (QED) is 0.841. The fourth-order valence-corrected chi connectivity index (χ4v) is 1.95. The van der Waals surface area contributed by atoms with Crippen LogP contribution in [-0.4, -0.2) is 11.1 Å². The normalized spacial score (nSPS) is 12.2. The van der Waals surface area contributed by atoms with Gasteiger partial charge in [-0.05, 0) is 56.0 Å². The molecule has 92 valence electrons. The maximum Gasteiger partial charge on any atom is 0.335 e. The van der Waals surface area contributed by atoms with Gasteiger partial charge in [-0.25, -0.2) is 4.79 Å². The van der Waals surface area contributed by atoms with E-state index in [1.54, 1.807) is 12.1 Å². The van der Waals surface area contributed by atoms with Gasteiger partial charge in [0.25, 0.3) is 0 Å². The van der Waals surface area contributed by atoms with Crippen LogP contribution in [0.5, 0.6) is 0 Å². The number of aromatic carboxylic acids is 1. The largest absolute Gasteiger partial charge is 0.478 e. The molecule has 1 N–H and O–H groups in total. The molecule has 0 heterocycles. The SMILES string of the molecule is CCC/C(C)=C(/C)c1cc(C(=O)O)ccc1C. The topological polar surface area (TPSA) is 37.3 Å². The molecule has 0 saturated carbocycles. The van der Waals surface area contributed by atoms with Crippen LogP contribution in [0.4, 0.5) is 0 Å². The highest BCUT2D eigenvalue weighted by Gasteiger charge is 2.08. The molecular formula is C15H20O2. The highest BCUT2D eigenvalue weighted by molar-refractivity contribution is 5.89. The molecule has 0 radical (unpaired) electrons. The molecule has 2 heteroatoms. The molecule has 0 atom stereocenters. The molecule has 2 nitrogen and oxygen atoms in total. The standard InChI is InChI=1S/C15H20O2/c1-5-6-10(2)12(4)14-9-13(15(16)17)8-7-11(14)3/h7-9H,5-6H2,1-4H3,(H,16,17)/b12-10-. The second-order valence-corrected chi connectivity index (χ2v) is 4.49. The number of carboxylic acid groups (broad SMARTS) is 1. The lowest BCUT2D eigenvalue weighted by Gasteiger charge is -2.11. The number of allylic oxidation sites excluding steroid dienone is 2. The van der Waals surface area contributed by atoms with E-state index in [0.717, 1.165) is 24.0 Å². The molecular weight excluding hydrogens is 212 g/mol. The van der Waals surface area contributed by atoms with Crippen LogP contribution in [0.1, 0.15) is 55.1 Å². The molecule has 0 unspecified atom stereocenters. The van der Waals surface area contributed by atoms with Crippen LogP contribution in [0.15, 0.2) is 23.8 Å². The van der Waals surface area contributed by atoms with E-state index >= 15 is 0 Å². The Kier molecular flexibility index (Phi) is 4.50. The van der Waals surface area contributed by atoms with Crippen molar-refractivity contribution >= 4 is 11.5 Å². The van der Waals surface area contributed by atoms with Gasteiger partial charge >= 0.3 is 5.97 Å². The number of benzene rings is 1. The molecule has 1 aromatic rings. The highest BCUT2D eigenvalue weighted by Crippen LogP contribution is 2.25. The molecule has 1 aromatic carbocycles. The Balaban J connectivity index is 3.25. The fourth-order valence-electron chi connectivity index (χ4n) is 1.95. The Labute approximate surface area is 103 Å². The Morgan fingerprint density at radius 2 is 1.94 bits per heavy atom. The van der Waals surface area contributed by atoms with Crippen molar-refractivity contribution in [2.75, 3.05) is 0 Å². The lowest BCUT2D eigenvalue weighted by molar-refractivity contribution is 0.0697. The van der Waals surface area contributed by atoms with E-state index in [4.69, 9.17) is 5.11 Å². The summed E-state index contributed by atoms with van der Waals surface area (Å²) >= 11 is 0. The number of carboxylic acids is 1. The molecule has 0 bridgehead atoms. The Morgan fingerprint density at radius 3 is 2.47 bits per heavy atom. The zero-order valence-electron chi connectivity index (χ0n) is 11.0. The van der Waals surface area contributed by atoms with Crippen molar-refractivity contribution in [3.63, 3.8) is 0 Å². The van der Waals surface area contributed by atoms with Crippen molar-refractivity contribution in [3.05, 3.63) is 40.5 Å². The van der Waals surface area contributed by atoms with Gasteiger partial charge in [0, 0.05) is 0 Å². The monoisotopic (exact) mass is 232 g/mol. The first-order chi connectivity index (χ1) is 7.97. The number of rotatable bonds is 4. The molecule has 0 fully saturated rings. The summed E-state index contributed by atoms with van der Waals surface area (Å²) in [4.78, 5) is 11.0. The van der Waals surface area contributed by atoms with Crippen molar-refractivity contribution in [1.82, 2.24) is 0 Å². The van der Waals surface area contributed by atoms with Crippen LogP contribution < -0.4 is 0 Å². The van der Waals surface area contributed by atoms with Crippen LogP contribution in [0, 0.1) is 6.92 Å². The van der Waals surface area contributed by atoms with Gasteiger partial charge in [-0.3, -0.25) is 0 Å². The molecule has 17 heavy (non-hydrogen) atoms. The van der Waals surface area contributed by atoms with Crippen LogP contribution in [-0.2, 0) is 0 Å². The summed E-state index contributed by atoms with van der Waals surface area (Å²) < 4.78 is 0. The Morgan fingerprint density at radius 1 is 1.29 bits per heavy atom. The minimum Gasteiger partial charge on any atom is -0.478 e. The summed E-state index contributed by atoms with van der Waals surface area (Å²) in [6, 6.07) is 5.30. The predicted octanol–water partition coefficient (Wildman–Crippen LogP) is 4.29. The van der Waals surface area contributed by atoms with Crippen molar-refractivity contribution in [2.24, 2.45) is 0 Å². The van der Waals surface area contributed by atoms with Gasteiger partial charge in [0.05, 0.1) is 5.56 Å². The zero-order valence-corrected chi connectivity index (χ0v) is 11.0. The van der Waals surface area contributed by atoms with Gasteiger partial charge in [-0.1, -0.05) is 25.0 Å². The van der Waals surface area contributed by atoms with Gasteiger partial charge in [-0.2, -0.15) is 0 Å². The average molecular weight is 232 g/mol. The van der Waals surface area contributed by atoms with E-state index in [1.807, 2.05) is 13.0 Å². The van der Waals surface area contributed by atoms with Crippen LogP contribution in [0.2, 0.25) is 0 Å². The zero-order chi connectivity index (χ0) is 13.0. The minimum atomic E-state index is -0.868. The second-order valence-electron chi connectivity index (χ2n) is 4.49. The Bertz CT molecular complexity index is 456. The maximum atomic E-state index is 11.0. The van der Waals surface area contributed by atoms with Gasteiger partial charge in [-0.15, -0.1) is 0 Å². The molecule has 0 saturated heterocycles. The van der Waals surface area contributed by atoms with E-state index in [2.05, 4.69) is 20.8 Å². The average Bonchev–Trinajstić information content (AvgIpc) is 2.28. The minimum absolute atomic E-state index is 0.356. The summed E-state index contributed by atoms with van der Waals surface area (Å²) in [5.41, 5.74) is 5.07. The van der Waals surface area contributed by atoms with Crippen molar-refractivity contribution in [2.45, 2.75) is 40.5 Å². The number of hydrogen-bond acceptors (Lipinski definition) is 1. The first-order valence-electron chi connectivity index (χ1n) is 5.98. The van der Waals surface area contributed by atoms with Crippen LogP contribution in [0.25, 0.3) is 5.57 Å². The molecule has 0 aliphatic rings. The molecule has 0 aliphatic heterocycles. The van der Waals surface area contributed by atoms with Crippen molar-refractivity contribution < 1.29 is 9.90 Å². The van der Waals surface area contributed by atoms with Gasteiger partial charge in [0.15, 0.2) is 0 Å². The van der Waals surface area contributed by atoms with E-state index in [9.17, 15) is 4.79 Å². The first-order valence-corrected chi connectivity index (χ1v) is 5.98. The van der Waals surface area contributed by atoms with Crippen LogP contribution in [0.3, 0.4) is 0 Å². The molecule has 0 aliphatic carbocycles. The lowest BCUT2D eigenvalue weighted by Crippen LogP contribution is -1.99. The summed E-state index contributed by atoms with van der Waals surface area (Å²) in [5, 5.41) is 9.01. The summed E-state index contributed by atoms with van der Waals surface area (Å²) in [6.07, 6.45) is 2.17. The number of aryl methyl sites for hydroxylation is 1. The van der Waals surface area contributed by atoms with E-state index < -0.39 is 5.97 Å². The smallest absolute Gasteiger partial charge is 0.335 e. The fraction of sp³-hybridized carbons (Fsp3) is 0.400. The molecule has 0 amide bonds. The Hall–Kier alpha value is -1.57. The van der Waals surface area contributed by atoms with Gasteiger partial charge in [0.2, 0.25) is 0 Å². The second kappa shape index (κ2) is 5.67. The van der Waals surface area contributed by atoms with Crippen molar-refractivity contribution in [3.8, 4) is 0 Å².